The number of nitrogens with zero attached hydrogens (tertiary/aromatic N) is 1. The topological polar surface area (TPSA) is 34.1 Å². The molecule has 0 saturated heterocycles. The van der Waals surface area contributed by atoms with Gasteiger partial charge in [-0.25, -0.2) is 4.98 Å². The van der Waals surface area contributed by atoms with E-state index in [0.717, 1.165) is 11.4 Å². The lowest BCUT2D eigenvalue weighted by Crippen LogP contribution is -2.02. The van der Waals surface area contributed by atoms with Crippen molar-refractivity contribution in [3.05, 3.63) is 53.7 Å². The van der Waals surface area contributed by atoms with Crippen LogP contribution in [0.5, 0.6) is 5.88 Å². The average molecular weight is 228 g/mol. The average Bonchev–Trinajstić information content (AvgIpc) is 2.37. The molecule has 3 nitrogen and oxygen atoms in total. The third kappa shape index (κ3) is 3.21. The van der Waals surface area contributed by atoms with Gasteiger partial charge in [-0.05, 0) is 30.7 Å². The minimum atomic E-state index is 0.647. The third-order valence-electron chi connectivity index (χ3n) is 2.48. The predicted octanol–water partition coefficient (Wildman–Crippen LogP) is 3.01. The van der Waals surface area contributed by atoms with E-state index in [0.29, 0.717) is 12.4 Å². The summed E-state index contributed by atoms with van der Waals surface area (Å²) >= 11 is 0. The Morgan fingerprint density at radius 1 is 1.18 bits per heavy atom. The van der Waals surface area contributed by atoms with Gasteiger partial charge in [-0.1, -0.05) is 18.2 Å². The number of methoxy groups -OCH3 is 1. The van der Waals surface area contributed by atoms with E-state index < -0.39 is 0 Å². The number of anilines is 1. The standard InChI is InChI=1S/C14H16N2O/c1-11-5-3-6-12(9-11)15-10-13-7-4-8-14(16-13)17-2/h3-9,15H,10H2,1-2H3. The van der Waals surface area contributed by atoms with Crippen molar-refractivity contribution < 1.29 is 4.74 Å². The highest BCUT2D eigenvalue weighted by Gasteiger charge is 1.98. The van der Waals surface area contributed by atoms with Crippen molar-refractivity contribution >= 4 is 5.69 Å². The molecule has 0 atom stereocenters. The van der Waals surface area contributed by atoms with Gasteiger partial charge in [-0.3, -0.25) is 0 Å². The van der Waals surface area contributed by atoms with Gasteiger partial charge in [0.2, 0.25) is 5.88 Å². The van der Waals surface area contributed by atoms with Crippen molar-refractivity contribution in [1.82, 2.24) is 4.98 Å². The van der Waals surface area contributed by atoms with Crippen LogP contribution in [0.1, 0.15) is 11.3 Å². The van der Waals surface area contributed by atoms with Gasteiger partial charge in [-0.2, -0.15) is 0 Å². The number of benzene rings is 1. The first-order chi connectivity index (χ1) is 8.28. The molecular formula is C14H16N2O. The van der Waals surface area contributed by atoms with Crippen LogP contribution in [0.4, 0.5) is 5.69 Å². The largest absolute Gasteiger partial charge is 0.481 e. The predicted molar refractivity (Wildman–Crippen MR) is 69.3 cm³/mol. The number of ether oxygens (including phenoxy) is 1. The summed E-state index contributed by atoms with van der Waals surface area (Å²) in [6.07, 6.45) is 0. The van der Waals surface area contributed by atoms with E-state index in [1.54, 1.807) is 7.11 Å². The molecule has 0 radical (unpaired) electrons. The van der Waals surface area contributed by atoms with E-state index in [1.165, 1.54) is 5.56 Å². The molecule has 0 bridgehead atoms. The fourth-order valence-electron chi connectivity index (χ4n) is 1.62. The molecular weight excluding hydrogens is 212 g/mol. The number of rotatable bonds is 4. The molecule has 1 aromatic carbocycles. The van der Waals surface area contributed by atoms with Crippen molar-refractivity contribution in [3.8, 4) is 5.88 Å². The van der Waals surface area contributed by atoms with Crippen LogP contribution in [-0.4, -0.2) is 12.1 Å². The van der Waals surface area contributed by atoms with Gasteiger partial charge in [0, 0.05) is 11.8 Å². The molecule has 0 spiro atoms. The van der Waals surface area contributed by atoms with Crippen molar-refractivity contribution in [3.63, 3.8) is 0 Å². The Balaban J connectivity index is 2.02. The fraction of sp³-hybridized carbons (Fsp3) is 0.214. The summed E-state index contributed by atoms with van der Waals surface area (Å²) in [5.74, 6) is 0.647. The summed E-state index contributed by atoms with van der Waals surface area (Å²) in [6.45, 7) is 2.77. The maximum atomic E-state index is 5.09. The van der Waals surface area contributed by atoms with Crippen molar-refractivity contribution in [2.24, 2.45) is 0 Å². The van der Waals surface area contributed by atoms with Gasteiger partial charge < -0.3 is 10.1 Å². The maximum Gasteiger partial charge on any atom is 0.213 e. The second kappa shape index (κ2) is 5.34. The summed E-state index contributed by atoms with van der Waals surface area (Å²) in [5, 5.41) is 3.34. The van der Waals surface area contributed by atoms with Gasteiger partial charge in [-0.15, -0.1) is 0 Å². The number of pyridine rings is 1. The van der Waals surface area contributed by atoms with Gasteiger partial charge in [0.25, 0.3) is 0 Å². The minimum absolute atomic E-state index is 0.647. The highest BCUT2D eigenvalue weighted by Crippen LogP contribution is 2.12. The summed E-state index contributed by atoms with van der Waals surface area (Å²) < 4.78 is 5.09. The van der Waals surface area contributed by atoms with Crippen LogP contribution in [0.2, 0.25) is 0 Å². The molecule has 0 fully saturated rings. The molecule has 2 rings (SSSR count). The van der Waals surface area contributed by atoms with Gasteiger partial charge in [0.05, 0.1) is 19.3 Å². The van der Waals surface area contributed by atoms with Crippen LogP contribution in [0, 0.1) is 6.92 Å². The van der Waals surface area contributed by atoms with E-state index in [1.807, 2.05) is 30.3 Å². The van der Waals surface area contributed by atoms with E-state index in [9.17, 15) is 0 Å². The Labute approximate surface area is 101 Å². The van der Waals surface area contributed by atoms with E-state index in [4.69, 9.17) is 4.74 Å². The molecule has 2 aromatic rings. The quantitative estimate of drug-likeness (QED) is 0.873. The molecule has 0 aliphatic heterocycles. The molecule has 0 aliphatic carbocycles. The zero-order valence-corrected chi connectivity index (χ0v) is 10.1. The molecule has 0 unspecified atom stereocenters. The summed E-state index contributed by atoms with van der Waals surface area (Å²) in [4.78, 5) is 4.34. The van der Waals surface area contributed by atoms with E-state index in [2.05, 4.69) is 29.4 Å². The monoisotopic (exact) mass is 228 g/mol. The zero-order chi connectivity index (χ0) is 12.1. The summed E-state index contributed by atoms with van der Waals surface area (Å²) in [6, 6.07) is 14.0. The Morgan fingerprint density at radius 3 is 2.76 bits per heavy atom. The molecule has 0 aliphatic rings. The highest BCUT2D eigenvalue weighted by atomic mass is 16.5. The summed E-state index contributed by atoms with van der Waals surface area (Å²) in [7, 11) is 1.63. The Bertz CT molecular complexity index is 497. The number of nitrogens with one attached hydrogen (secondary N) is 1. The second-order valence-corrected chi connectivity index (χ2v) is 3.89. The lowest BCUT2D eigenvalue weighted by molar-refractivity contribution is 0.396. The third-order valence-corrected chi connectivity index (χ3v) is 2.48. The second-order valence-electron chi connectivity index (χ2n) is 3.89. The Hall–Kier alpha value is -2.03. The van der Waals surface area contributed by atoms with Crippen LogP contribution in [0.25, 0.3) is 0 Å². The fourth-order valence-corrected chi connectivity index (χ4v) is 1.62. The normalized spacial score (nSPS) is 10.0. The molecule has 0 saturated carbocycles. The maximum absolute atomic E-state index is 5.09. The van der Waals surface area contributed by atoms with E-state index >= 15 is 0 Å². The van der Waals surface area contributed by atoms with Crippen LogP contribution in [-0.2, 0) is 6.54 Å². The van der Waals surface area contributed by atoms with Crippen molar-refractivity contribution in [2.75, 3.05) is 12.4 Å². The van der Waals surface area contributed by atoms with Gasteiger partial charge in [0.1, 0.15) is 0 Å². The molecule has 17 heavy (non-hydrogen) atoms. The van der Waals surface area contributed by atoms with Crippen LogP contribution >= 0.6 is 0 Å². The van der Waals surface area contributed by atoms with Crippen LogP contribution in [0.3, 0.4) is 0 Å². The molecule has 3 heteroatoms. The molecule has 1 aromatic heterocycles. The Kier molecular flexibility index (Phi) is 3.60. The smallest absolute Gasteiger partial charge is 0.213 e. The first-order valence-electron chi connectivity index (χ1n) is 5.58. The number of hydrogen-bond donors (Lipinski definition) is 1. The van der Waals surface area contributed by atoms with Crippen LogP contribution in [0.15, 0.2) is 42.5 Å². The summed E-state index contributed by atoms with van der Waals surface area (Å²) in [5.41, 5.74) is 3.31. The zero-order valence-electron chi connectivity index (χ0n) is 10.1. The lowest BCUT2D eigenvalue weighted by Gasteiger charge is -2.07. The molecule has 1 N–H and O–H groups in total. The molecule has 1 heterocycles. The number of hydrogen-bond acceptors (Lipinski definition) is 3. The van der Waals surface area contributed by atoms with Crippen molar-refractivity contribution in [1.29, 1.82) is 0 Å². The van der Waals surface area contributed by atoms with Crippen LogP contribution < -0.4 is 10.1 Å². The number of aryl methyl sites for hydroxylation is 1. The Morgan fingerprint density at radius 2 is 2.00 bits per heavy atom. The first-order valence-corrected chi connectivity index (χ1v) is 5.58. The van der Waals surface area contributed by atoms with Gasteiger partial charge in [0.15, 0.2) is 0 Å². The molecule has 88 valence electrons. The lowest BCUT2D eigenvalue weighted by atomic mass is 10.2. The minimum Gasteiger partial charge on any atom is -0.481 e. The SMILES string of the molecule is COc1cccc(CNc2cccc(C)c2)n1. The first kappa shape index (κ1) is 11.5. The van der Waals surface area contributed by atoms with E-state index in [-0.39, 0.29) is 0 Å². The number of aromatic nitrogens is 1. The van der Waals surface area contributed by atoms with Gasteiger partial charge >= 0.3 is 0 Å². The highest BCUT2D eigenvalue weighted by molar-refractivity contribution is 5.45. The van der Waals surface area contributed by atoms with Crippen molar-refractivity contribution in [2.45, 2.75) is 13.5 Å². The molecule has 0 amide bonds.